The molecule has 40 heavy (non-hydrogen) atoms. The third kappa shape index (κ3) is 6.03. The molecule has 10 heteroatoms. The molecule has 1 N–H and O–H groups in total. The summed E-state index contributed by atoms with van der Waals surface area (Å²) in [5.41, 5.74) is 3.30. The number of hydrogen-bond acceptors (Lipinski definition) is 8. The van der Waals surface area contributed by atoms with Crippen LogP contribution in [0.3, 0.4) is 0 Å². The molecular formula is C30H32N6O3S. The summed E-state index contributed by atoms with van der Waals surface area (Å²) in [5.74, 6) is 1.13. The van der Waals surface area contributed by atoms with Crippen LogP contribution in [0.4, 0.5) is 0 Å². The fourth-order valence-electron chi connectivity index (χ4n) is 4.95. The number of rotatable bonds is 10. The molecule has 0 unspecified atom stereocenters. The fourth-order valence-corrected chi connectivity index (χ4v) is 6.27. The van der Waals surface area contributed by atoms with Gasteiger partial charge in [0, 0.05) is 37.6 Å². The van der Waals surface area contributed by atoms with Gasteiger partial charge in [-0.25, -0.2) is 4.98 Å². The Balaban J connectivity index is 1.07. The summed E-state index contributed by atoms with van der Waals surface area (Å²) in [6.45, 7) is 1.72. The molecule has 0 bridgehead atoms. The maximum absolute atomic E-state index is 13.8. The van der Waals surface area contributed by atoms with E-state index in [1.165, 1.54) is 6.42 Å². The minimum absolute atomic E-state index is 0.00651. The lowest BCUT2D eigenvalue weighted by Crippen LogP contribution is -2.42. The zero-order chi connectivity index (χ0) is 27.3. The Morgan fingerprint density at radius 3 is 2.58 bits per heavy atom. The zero-order valence-electron chi connectivity index (χ0n) is 22.3. The summed E-state index contributed by atoms with van der Waals surface area (Å²) >= 11 is 1.71. The summed E-state index contributed by atoms with van der Waals surface area (Å²) in [6, 6.07) is 19.7. The number of fused-ring (bicyclic) bond motifs is 1. The van der Waals surface area contributed by atoms with Gasteiger partial charge >= 0.3 is 0 Å². The Labute approximate surface area is 237 Å². The lowest BCUT2D eigenvalue weighted by atomic mass is 10.0. The average molecular weight is 557 g/mol. The smallest absolute Gasteiger partial charge is 0.264 e. The molecular weight excluding hydrogens is 524 g/mol. The molecule has 3 heterocycles. The molecule has 206 valence electrons. The Hall–Kier alpha value is -3.76. The summed E-state index contributed by atoms with van der Waals surface area (Å²) in [4.78, 5) is 38.0. The van der Waals surface area contributed by atoms with Gasteiger partial charge in [0.25, 0.3) is 5.56 Å². The molecule has 1 aliphatic carbocycles. The molecule has 1 fully saturated rings. The molecule has 0 radical (unpaired) electrons. The van der Waals surface area contributed by atoms with Crippen molar-refractivity contribution in [3.63, 3.8) is 0 Å². The maximum Gasteiger partial charge on any atom is 0.264 e. The standard InChI is InChI=1S/C30H32N6O3S/c37-28(14-16-31-19-27-33-26(34-39-27)18-21-8-3-1-4-9-21)35-17-15-25-24(20-35)29(38)36(22-10-5-2-6-11-22)30(32-25)40-23-12-7-13-23/h1-6,8-11,23,31H,7,12-20H2. The second-order valence-electron chi connectivity index (χ2n) is 10.2. The normalized spacial score (nSPS) is 15.1. The topological polar surface area (TPSA) is 106 Å². The average Bonchev–Trinajstić information content (AvgIpc) is 3.41. The molecule has 1 aliphatic heterocycles. The van der Waals surface area contributed by atoms with Crippen molar-refractivity contribution >= 4 is 17.7 Å². The van der Waals surface area contributed by atoms with E-state index in [0.29, 0.717) is 61.4 Å². The van der Waals surface area contributed by atoms with Crippen molar-refractivity contribution in [1.82, 2.24) is 29.9 Å². The van der Waals surface area contributed by atoms with Gasteiger partial charge in [-0.3, -0.25) is 14.2 Å². The van der Waals surface area contributed by atoms with E-state index in [1.54, 1.807) is 21.2 Å². The molecule has 2 aliphatic rings. The molecule has 6 rings (SSSR count). The van der Waals surface area contributed by atoms with Crippen LogP contribution in [0.25, 0.3) is 5.69 Å². The minimum atomic E-state index is -0.0728. The van der Waals surface area contributed by atoms with Gasteiger partial charge in [-0.15, -0.1) is 0 Å². The molecule has 0 atom stereocenters. The van der Waals surface area contributed by atoms with Crippen LogP contribution in [0.5, 0.6) is 0 Å². The van der Waals surface area contributed by atoms with Crippen molar-refractivity contribution in [2.45, 2.75) is 62.0 Å². The van der Waals surface area contributed by atoms with Crippen LogP contribution in [-0.2, 0) is 30.7 Å². The van der Waals surface area contributed by atoms with E-state index in [-0.39, 0.29) is 18.0 Å². The lowest BCUT2D eigenvalue weighted by molar-refractivity contribution is -0.132. The van der Waals surface area contributed by atoms with Crippen LogP contribution < -0.4 is 10.9 Å². The number of carbonyl (C=O) groups excluding carboxylic acids is 1. The molecule has 4 aromatic rings. The third-order valence-electron chi connectivity index (χ3n) is 7.40. The monoisotopic (exact) mass is 556 g/mol. The van der Waals surface area contributed by atoms with Gasteiger partial charge in [-0.05, 0) is 30.5 Å². The minimum Gasteiger partial charge on any atom is -0.338 e. The highest BCUT2D eigenvalue weighted by Gasteiger charge is 2.28. The molecule has 0 spiro atoms. The second-order valence-corrected chi connectivity index (χ2v) is 11.5. The fraction of sp³-hybridized carbons (Fsp3) is 0.367. The van der Waals surface area contributed by atoms with Crippen molar-refractivity contribution in [2.24, 2.45) is 0 Å². The van der Waals surface area contributed by atoms with E-state index in [4.69, 9.17) is 9.51 Å². The molecule has 0 saturated heterocycles. The first-order valence-corrected chi connectivity index (χ1v) is 14.7. The second kappa shape index (κ2) is 12.2. The highest BCUT2D eigenvalue weighted by Crippen LogP contribution is 2.36. The van der Waals surface area contributed by atoms with Gasteiger partial charge < -0.3 is 14.7 Å². The number of hydrogen-bond donors (Lipinski definition) is 1. The number of para-hydroxylation sites is 1. The van der Waals surface area contributed by atoms with Crippen molar-refractivity contribution < 1.29 is 9.32 Å². The van der Waals surface area contributed by atoms with Crippen LogP contribution in [0, 0.1) is 0 Å². The van der Waals surface area contributed by atoms with Gasteiger partial charge in [-0.1, -0.05) is 71.9 Å². The van der Waals surface area contributed by atoms with Gasteiger partial charge in [0.15, 0.2) is 11.0 Å². The molecule has 1 saturated carbocycles. The van der Waals surface area contributed by atoms with Crippen LogP contribution in [0.15, 0.2) is 75.1 Å². The summed E-state index contributed by atoms with van der Waals surface area (Å²) in [7, 11) is 0. The Morgan fingerprint density at radius 2 is 1.82 bits per heavy atom. The highest BCUT2D eigenvalue weighted by molar-refractivity contribution is 7.99. The van der Waals surface area contributed by atoms with E-state index in [0.717, 1.165) is 34.9 Å². The zero-order valence-corrected chi connectivity index (χ0v) is 23.1. The number of nitrogens with one attached hydrogen (secondary N) is 1. The van der Waals surface area contributed by atoms with Gasteiger partial charge in [0.2, 0.25) is 11.8 Å². The third-order valence-corrected chi connectivity index (χ3v) is 8.69. The number of carbonyl (C=O) groups is 1. The van der Waals surface area contributed by atoms with Crippen molar-refractivity contribution in [3.8, 4) is 5.69 Å². The van der Waals surface area contributed by atoms with E-state index >= 15 is 0 Å². The number of benzene rings is 2. The predicted octanol–water partition coefficient (Wildman–Crippen LogP) is 3.92. The highest BCUT2D eigenvalue weighted by atomic mass is 32.2. The van der Waals surface area contributed by atoms with Crippen LogP contribution in [0.2, 0.25) is 0 Å². The Bertz CT molecular complexity index is 1520. The van der Waals surface area contributed by atoms with E-state index in [9.17, 15) is 9.59 Å². The largest absolute Gasteiger partial charge is 0.338 e. The van der Waals surface area contributed by atoms with Crippen molar-refractivity contribution in [3.05, 3.63) is 99.6 Å². The summed E-state index contributed by atoms with van der Waals surface area (Å²) in [5, 5.41) is 8.54. The van der Waals surface area contributed by atoms with Crippen molar-refractivity contribution in [1.29, 1.82) is 0 Å². The number of amides is 1. The van der Waals surface area contributed by atoms with E-state index in [2.05, 4.69) is 15.5 Å². The Morgan fingerprint density at radius 1 is 1.05 bits per heavy atom. The van der Waals surface area contributed by atoms with Gasteiger partial charge in [-0.2, -0.15) is 4.98 Å². The SMILES string of the molecule is O=C(CCNCc1nc(Cc2ccccc2)no1)N1CCc2nc(SC3CCC3)n(-c3ccccc3)c(=O)c2C1. The Kier molecular flexibility index (Phi) is 8.06. The molecule has 2 aromatic heterocycles. The maximum atomic E-state index is 13.8. The van der Waals surface area contributed by atoms with Crippen LogP contribution >= 0.6 is 11.8 Å². The molecule has 9 nitrogen and oxygen atoms in total. The van der Waals surface area contributed by atoms with Crippen molar-refractivity contribution in [2.75, 3.05) is 13.1 Å². The van der Waals surface area contributed by atoms with Crippen LogP contribution in [0.1, 0.15) is 54.2 Å². The van der Waals surface area contributed by atoms with Crippen LogP contribution in [-0.4, -0.2) is 48.8 Å². The number of nitrogens with zero attached hydrogens (tertiary/aromatic N) is 5. The lowest BCUT2D eigenvalue weighted by Gasteiger charge is -2.30. The predicted molar refractivity (Wildman–Crippen MR) is 152 cm³/mol. The summed E-state index contributed by atoms with van der Waals surface area (Å²) in [6.07, 6.45) is 5.06. The first-order valence-electron chi connectivity index (χ1n) is 13.8. The first kappa shape index (κ1) is 26.5. The molecule has 2 aromatic carbocycles. The quantitative estimate of drug-likeness (QED) is 0.232. The van der Waals surface area contributed by atoms with E-state index < -0.39 is 0 Å². The number of aromatic nitrogens is 4. The molecule has 1 amide bonds. The number of thioether (sulfide) groups is 1. The first-order chi connectivity index (χ1) is 19.6. The summed E-state index contributed by atoms with van der Waals surface area (Å²) < 4.78 is 7.07. The van der Waals surface area contributed by atoms with E-state index in [1.807, 2.05) is 60.7 Å². The van der Waals surface area contributed by atoms with Gasteiger partial charge in [0.05, 0.1) is 30.0 Å². The van der Waals surface area contributed by atoms with Gasteiger partial charge in [0.1, 0.15) is 0 Å².